The minimum absolute atomic E-state index is 0.192. The molecule has 0 aromatic rings. The fourth-order valence-electron chi connectivity index (χ4n) is 2.10. The van der Waals surface area contributed by atoms with Gasteiger partial charge in [0.05, 0.1) is 12.7 Å². The van der Waals surface area contributed by atoms with Crippen molar-refractivity contribution in [2.24, 2.45) is 5.41 Å². The van der Waals surface area contributed by atoms with Crippen LogP contribution >= 0.6 is 0 Å². The second-order valence-corrected chi connectivity index (χ2v) is 5.72. The highest BCUT2D eigenvalue weighted by Crippen LogP contribution is 2.37. The lowest BCUT2D eigenvalue weighted by atomic mass is 9.73. The van der Waals surface area contributed by atoms with E-state index >= 15 is 0 Å². The Morgan fingerprint density at radius 3 is 2.36 bits per heavy atom. The Hall–Kier alpha value is -0.0800. The normalized spacial score (nSPS) is 28.7. The van der Waals surface area contributed by atoms with Gasteiger partial charge in [-0.05, 0) is 38.6 Å². The molecule has 1 saturated heterocycles. The highest BCUT2D eigenvalue weighted by molar-refractivity contribution is 5.01. The first-order valence-corrected chi connectivity index (χ1v) is 5.74. The summed E-state index contributed by atoms with van der Waals surface area (Å²) in [5.41, 5.74) is 0.468. The third kappa shape index (κ3) is 2.48. The van der Waals surface area contributed by atoms with Gasteiger partial charge < -0.3 is 10.1 Å². The van der Waals surface area contributed by atoms with Gasteiger partial charge in [-0.15, -0.1) is 0 Å². The van der Waals surface area contributed by atoms with Crippen LogP contribution in [0.1, 0.15) is 47.5 Å². The van der Waals surface area contributed by atoms with E-state index in [1.54, 1.807) is 0 Å². The first-order valence-electron chi connectivity index (χ1n) is 5.74. The van der Waals surface area contributed by atoms with E-state index in [-0.39, 0.29) is 11.0 Å². The highest BCUT2D eigenvalue weighted by Gasteiger charge is 2.44. The molecule has 1 unspecified atom stereocenters. The molecule has 0 saturated carbocycles. The van der Waals surface area contributed by atoms with Crippen LogP contribution in [0.3, 0.4) is 0 Å². The van der Waals surface area contributed by atoms with E-state index in [4.69, 9.17) is 4.74 Å². The van der Waals surface area contributed by atoms with Crippen LogP contribution in [0, 0.1) is 5.41 Å². The predicted octanol–water partition coefficient (Wildman–Crippen LogP) is 2.58. The van der Waals surface area contributed by atoms with Gasteiger partial charge in [0.2, 0.25) is 0 Å². The van der Waals surface area contributed by atoms with E-state index in [2.05, 4.69) is 39.9 Å². The largest absolute Gasteiger partial charge is 0.377 e. The maximum atomic E-state index is 5.79. The average molecular weight is 199 g/mol. The smallest absolute Gasteiger partial charge is 0.0656 e. The first-order chi connectivity index (χ1) is 6.37. The van der Waals surface area contributed by atoms with Gasteiger partial charge >= 0.3 is 0 Å². The Balaban J connectivity index is 2.63. The van der Waals surface area contributed by atoms with Gasteiger partial charge in [-0.3, -0.25) is 0 Å². The monoisotopic (exact) mass is 199 g/mol. The zero-order valence-corrected chi connectivity index (χ0v) is 10.3. The van der Waals surface area contributed by atoms with Crippen molar-refractivity contribution in [3.8, 4) is 0 Å². The van der Waals surface area contributed by atoms with E-state index in [1.807, 2.05) is 0 Å². The molecule has 84 valence electrons. The topological polar surface area (TPSA) is 21.3 Å². The molecule has 1 rings (SSSR count). The van der Waals surface area contributed by atoms with Crippen molar-refractivity contribution in [2.45, 2.75) is 59.1 Å². The van der Waals surface area contributed by atoms with Gasteiger partial charge in [-0.2, -0.15) is 0 Å². The Morgan fingerprint density at radius 2 is 2.00 bits per heavy atom. The van der Waals surface area contributed by atoms with Crippen molar-refractivity contribution in [3.63, 3.8) is 0 Å². The minimum atomic E-state index is 0.192. The van der Waals surface area contributed by atoms with Gasteiger partial charge in [0.1, 0.15) is 0 Å². The lowest BCUT2D eigenvalue weighted by Gasteiger charge is -2.42. The predicted molar refractivity (Wildman–Crippen MR) is 60.5 cm³/mol. The van der Waals surface area contributed by atoms with Gasteiger partial charge in [-0.25, -0.2) is 0 Å². The molecule has 1 atom stereocenters. The molecule has 0 amide bonds. The molecule has 2 nitrogen and oxygen atoms in total. The lowest BCUT2D eigenvalue weighted by molar-refractivity contribution is -0.00747. The molecule has 1 fully saturated rings. The van der Waals surface area contributed by atoms with Crippen LogP contribution in [0.2, 0.25) is 0 Å². The number of ether oxygens (including phenoxy) is 1. The first kappa shape index (κ1) is 12.0. The molecule has 1 aliphatic rings. The molecular formula is C12H25NO. The average Bonchev–Trinajstić information content (AvgIpc) is 2.48. The summed E-state index contributed by atoms with van der Waals surface area (Å²) in [4.78, 5) is 0. The molecule has 0 aliphatic carbocycles. The molecule has 0 bridgehead atoms. The minimum Gasteiger partial charge on any atom is -0.377 e. The van der Waals surface area contributed by atoms with Crippen LogP contribution < -0.4 is 5.32 Å². The van der Waals surface area contributed by atoms with Gasteiger partial charge in [0, 0.05) is 5.54 Å². The van der Waals surface area contributed by atoms with E-state index < -0.39 is 0 Å². The molecule has 0 aromatic heterocycles. The molecule has 14 heavy (non-hydrogen) atoms. The summed E-state index contributed by atoms with van der Waals surface area (Å²) in [6, 6.07) is 0. The lowest BCUT2D eigenvalue weighted by Crippen LogP contribution is -2.54. The Morgan fingerprint density at radius 1 is 1.36 bits per heavy atom. The number of nitrogens with one attached hydrogen (secondary N) is 1. The molecule has 0 spiro atoms. The van der Waals surface area contributed by atoms with Crippen molar-refractivity contribution >= 4 is 0 Å². The van der Waals surface area contributed by atoms with Crippen LogP contribution in [0.4, 0.5) is 0 Å². The molecule has 0 aromatic carbocycles. The Labute approximate surface area is 88.4 Å². The van der Waals surface area contributed by atoms with E-state index in [0.29, 0.717) is 6.10 Å². The van der Waals surface area contributed by atoms with Crippen LogP contribution in [-0.4, -0.2) is 24.8 Å². The number of rotatable bonds is 3. The summed E-state index contributed by atoms with van der Waals surface area (Å²) in [5, 5.41) is 3.64. The van der Waals surface area contributed by atoms with Crippen molar-refractivity contribution < 1.29 is 4.74 Å². The fourth-order valence-corrected chi connectivity index (χ4v) is 2.10. The van der Waals surface area contributed by atoms with Crippen molar-refractivity contribution in [1.29, 1.82) is 0 Å². The van der Waals surface area contributed by atoms with Crippen molar-refractivity contribution in [3.05, 3.63) is 0 Å². The summed E-state index contributed by atoms with van der Waals surface area (Å²) < 4.78 is 5.79. The maximum absolute atomic E-state index is 5.79. The van der Waals surface area contributed by atoms with Crippen LogP contribution in [0.25, 0.3) is 0 Å². The Kier molecular flexibility index (Phi) is 3.59. The van der Waals surface area contributed by atoms with Crippen molar-refractivity contribution in [1.82, 2.24) is 5.32 Å². The molecule has 1 N–H and O–H groups in total. The third-order valence-electron chi connectivity index (χ3n) is 3.34. The SMILES string of the molecule is CC(C)OCC1(C(C)(C)C)CCCN1. The fraction of sp³-hybridized carbons (Fsp3) is 1.00. The molecule has 1 aliphatic heterocycles. The van der Waals surface area contributed by atoms with E-state index in [1.165, 1.54) is 12.8 Å². The quantitative estimate of drug-likeness (QED) is 0.754. The van der Waals surface area contributed by atoms with Gasteiger partial charge in [0.15, 0.2) is 0 Å². The maximum Gasteiger partial charge on any atom is 0.0656 e. The summed E-state index contributed by atoms with van der Waals surface area (Å²) in [5.74, 6) is 0. The van der Waals surface area contributed by atoms with Crippen LogP contribution in [0.15, 0.2) is 0 Å². The number of hydrogen-bond donors (Lipinski definition) is 1. The zero-order chi connectivity index (χ0) is 10.8. The summed E-state index contributed by atoms with van der Waals surface area (Å²) in [6.07, 6.45) is 2.85. The van der Waals surface area contributed by atoms with Gasteiger partial charge in [-0.1, -0.05) is 20.8 Å². The van der Waals surface area contributed by atoms with E-state index in [0.717, 1.165) is 13.2 Å². The van der Waals surface area contributed by atoms with E-state index in [9.17, 15) is 0 Å². The number of hydrogen-bond acceptors (Lipinski definition) is 2. The standard InChI is InChI=1S/C12H25NO/c1-10(2)14-9-12(11(3,4)5)7-6-8-13-12/h10,13H,6-9H2,1-5H3. The van der Waals surface area contributed by atoms with Gasteiger partial charge in [0.25, 0.3) is 0 Å². The highest BCUT2D eigenvalue weighted by atomic mass is 16.5. The molecule has 2 heteroatoms. The van der Waals surface area contributed by atoms with Crippen LogP contribution in [-0.2, 0) is 4.74 Å². The summed E-state index contributed by atoms with van der Waals surface area (Å²) >= 11 is 0. The zero-order valence-electron chi connectivity index (χ0n) is 10.3. The second-order valence-electron chi connectivity index (χ2n) is 5.72. The molecule has 1 heterocycles. The van der Waals surface area contributed by atoms with Crippen molar-refractivity contribution in [2.75, 3.05) is 13.2 Å². The molecular weight excluding hydrogens is 174 g/mol. The van der Waals surface area contributed by atoms with Crippen LogP contribution in [0.5, 0.6) is 0 Å². The third-order valence-corrected chi connectivity index (χ3v) is 3.34. The Bertz CT molecular complexity index is 175. The summed E-state index contributed by atoms with van der Waals surface area (Å²) in [7, 11) is 0. The molecule has 0 radical (unpaired) electrons. The summed E-state index contributed by atoms with van der Waals surface area (Å²) in [6.45, 7) is 13.1. The second kappa shape index (κ2) is 4.19.